The summed E-state index contributed by atoms with van der Waals surface area (Å²) in [5.41, 5.74) is 3.21. The molecule has 0 aliphatic heterocycles. The third-order valence-electron chi connectivity index (χ3n) is 4.12. The third kappa shape index (κ3) is 4.25. The fourth-order valence-electron chi connectivity index (χ4n) is 2.54. The van der Waals surface area contributed by atoms with E-state index in [2.05, 4.69) is 20.6 Å². The maximum atomic E-state index is 13.4. The molecule has 27 heavy (non-hydrogen) atoms. The molecular formula is C20H18F2N4O. The fraction of sp³-hybridized carbons (Fsp3) is 0.150. The normalized spacial score (nSPS) is 10.6. The monoisotopic (exact) mass is 368 g/mol. The van der Waals surface area contributed by atoms with Crippen LogP contribution in [-0.4, -0.2) is 15.9 Å². The largest absolute Gasteiger partial charge is 0.340 e. The van der Waals surface area contributed by atoms with Crippen molar-refractivity contribution < 1.29 is 13.6 Å². The molecule has 1 amide bonds. The molecule has 0 aliphatic carbocycles. The van der Waals surface area contributed by atoms with Crippen molar-refractivity contribution in [2.75, 3.05) is 10.6 Å². The number of nitrogens with one attached hydrogen (secondary N) is 2. The van der Waals surface area contributed by atoms with E-state index in [0.717, 1.165) is 23.3 Å². The van der Waals surface area contributed by atoms with Crippen LogP contribution in [0.1, 0.15) is 27.4 Å². The van der Waals surface area contributed by atoms with Gasteiger partial charge in [-0.15, -0.1) is 0 Å². The van der Waals surface area contributed by atoms with Gasteiger partial charge in [-0.3, -0.25) is 4.79 Å². The standard InChI is InChI=1S/C20H18F2N4O/c1-11-5-4-6-17(12(11)2)26-20(27)18-10-19(24-13(3)23-18)25-14-7-8-15(21)16(22)9-14/h4-10H,1-3H3,(H,26,27)(H,23,24,25). The summed E-state index contributed by atoms with van der Waals surface area (Å²) < 4.78 is 26.4. The number of hydrogen-bond donors (Lipinski definition) is 2. The van der Waals surface area contributed by atoms with Crippen molar-refractivity contribution in [3.8, 4) is 0 Å². The first-order valence-electron chi connectivity index (χ1n) is 8.29. The molecule has 0 radical (unpaired) electrons. The van der Waals surface area contributed by atoms with Crippen LogP contribution in [0.2, 0.25) is 0 Å². The van der Waals surface area contributed by atoms with Crippen molar-refractivity contribution in [3.05, 3.63) is 76.7 Å². The van der Waals surface area contributed by atoms with Gasteiger partial charge in [0.2, 0.25) is 0 Å². The van der Waals surface area contributed by atoms with E-state index in [1.165, 1.54) is 12.1 Å². The summed E-state index contributed by atoms with van der Waals surface area (Å²) in [5, 5.41) is 5.69. The van der Waals surface area contributed by atoms with Crippen LogP contribution in [0.3, 0.4) is 0 Å². The third-order valence-corrected chi connectivity index (χ3v) is 4.12. The maximum absolute atomic E-state index is 13.4. The molecule has 5 nitrogen and oxygen atoms in total. The van der Waals surface area contributed by atoms with Crippen LogP contribution in [0.5, 0.6) is 0 Å². The Kier molecular flexibility index (Phi) is 5.12. The zero-order valence-electron chi connectivity index (χ0n) is 15.1. The number of benzene rings is 2. The second-order valence-corrected chi connectivity index (χ2v) is 6.14. The maximum Gasteiger partial charge on any atom is 0.274 e. The number of aryl methyl sites for hydroxylation is 2. The van der Waals surface area contributed by atoms with Crippen LogP contribution >= 0.6 is 0 Å². The molecule has 3 rings (SSSR count). The van der Waals surface area contributed by atoms with Gasteiger partial charge in [0.1, 0.15) is 17.3 Å². The first kappa shape index (κ1) is 18.4. The Hall–Kier alpha value is -3.35. The average molecular weight is 368 g/mol. The van der Waals surface area contributed by atoms with Gasteiger partial charge < -0.3 is 10.6 Å². The summed E-state index contributed by atoms with van der Waals surface area (Å²) in [6, 6.07) is 10.5. The quantitative estimate of drug-likeness (QED) is 0.702. The highest BCUT2D eigenvalue weighted by Crippen LogP contribution is 2.21. The van der Waals surface area contributed by atoms with Gasteiger partial charge in [-0.25, -0.2) is 18.7 Å². The molecule has 0 aliphatic rings. The minimum atomic E-state index is -0.973. The van der Waals surface area contributed by atoms with Gasteiger partial charge in [0.05, 0.1) is 0 Å². The smallest absolute Gasteiger partial charge is 0.274 e. The molecule has 0 atom stereocenters. The lowest BCUT2D eigenvalue weighted by molar-refractivity contribution is 0.102. The lowest BCUT2D eigenvalue weighted by atomic mass is 10.1. The summed E-state index contributed by atoms with van der Waals surface area (Å²) in [7, 11) is 0. The molecule has 2 N–H and O–H groups in total. The second-order valence-electron chi connectivity index (χ2n) is 6.14. The highest BCUT2D eigenvalue weighted by atomic mass is 19.2. The zero-order valence-corrected chi connectivity index (χ0v) is 15.1. The number of nitrogens with zero attached hydrogens (tertiary/aromatic N) is 2. The van der Waals surface area contributed by atoms with E-state index >= 15 is 0 Å². The lowest BCUT2D eigenvalue weighted by Gasteiger charge is -2.12. The molecule has 0 unspecified atom stereocenters. The average Bonchev–Trinajstić information content (AvgIpc) is 2.61. The molecule has 0 spiro atoms. The molecule has 1 heterocycles. The summed E-state index contributed by atoms with van der Waals surface area (Å²) in [6.07, 6.45) is 0. The van der Waals surface area contributed by atoms with Gasteiger partial charge in [-0.05, 0) is 50.1 Å². The van der Waals surface area contributed by atoms with Crippen LogP contribution in [0.4, 0.5) is 26.0 Å². The van der Waals surface area contributed by atoms with E-state index < -0.39 is 11.6 Å². The Labute approximate surface area is 155 Å². The van der Waals surface area contributed by atoms with E-state index in [1.807, 2.05) is 32.0 Å². The first-order chi connectivity index (χ1) is 12.8. The van der Waals surface area contributed by atoms with Crippen LogP contribution in [0.25, 0.3) is 0 Å². The van der Waals surface area contributed by atoms with Crippen molar-refractivity contribution in [2.24, 2.45) is 0 Å². The van der Waals surface area contributed by atoms with Crippen LogP contribution in [0.15, 0.2) is 42.5 Å². The number of carbonyl (C=O) groups excluding carboxylic acids is 1. The summed E-state index contributed by atoms with van der Waals surface area (Å²) >= 11 is 0. The van der Waals surface area contributed by atoms with Crippen molar-refractivity contribution >= 4 is 23.1 Å². The van der Waals surface area contributed by atoms with Gasteiger partial charge in [0, 0.05) is 23.5 Å². The second kappa shape index (κ2) is 7.49. The minimum absolute atomic E-state index is 0.161. The molecule has 1 aromatic heterocycles. The van der Waals surface area contributed by atoms with Gasteiger partial charge >= 0.3 is 0 Å². The number of halogens is 2. The van der Waals surface area contributed by atoms with E-state index in [1.54, 1.807) is 6.92 Å². The van der Waals surface area contributed by atoms with Crippen molar-refractivity contribution in [1.29, 1.82) is 0 Å². The van der Waals surface area contributed by atoms with Gasteiger partial charge in [-0.2, -0.15) is 0 Å². The molecule has 2 aromatic carbocycles. The highest BCUT2D eigenvalue weighted by Gasteiger charge is 2.13. The molecule has 7 heteroatoms. The molecule has 138 valence electrons. The SMILES string of the molecule is Cc1nc(Nc2ccc(F)c(F)c2)cc(C(=O)Nc2cccc(C)c2C)n1. The molecule has 0 saturated carbocycles. The Morgan fingerprint density at radius 3 is 2.48 bits per heavy atom. The predicted octanol–water partition coefficient (Wildman–Crippen LogP) is 4.68. The van der Waals surface area contributed by atoms with Crippen LogP contribution in [-0.2, 0) is 0 Å². The molecule has 0 fully saturated rings. The number of carbonyl (C=O) groups is 1. The van der Waals surface area contributed by atoms with E-state index in [9.17, 15) is 13.6 Å². The van der Waals surface area contributed by atoms with Crippen LogP contribution < -0.4 is 10.6 Å². The number of amides is 1. The molecule has 3 aromatic rings. The van der Waals surface area contributed by atoms with Gasteiger partial charge in [-0.1, -0.05) is 12.1 Å². The summed E-state index contributed by atoms with van der Waals surface area (Å²) in [6.45, 7) is 5.53. The minimum Gasteiger partial charge on any atom is -0.340 e. The zero-order chi connectivity index (χ0) is 19.6. The Morgan fingerprint density at radius 1 is 0.963 bits per heavy atom. The Morgan fingerprint density at radius 2 is 1.74 bits per heavy atom. The van der Waals surface area contributed by atoms with Gasteiger partial charge in [0.25, 0.3) is 5.91 Å². The number of anilines is 3. The number of hydrogen-bond acceptors (Lipinski definition) is 4. The summed E-state index contributed by atoms with van der Waals surface area (Å²) in [5.74, 6) is -1.62. The van der Waals surface area contributed by atoms with Crippen molar-refractivity contribution in [2.45, 2.75) is 20.8 Å². The first-order valence-corrected chi connectivity index (χ1v) is 8.29. The lowest BCUT2D eigenvalue weighted by Crippen LogP contribution is -2.16. The molecule has 0 bridgehead atoms. The topological polar surface area (TPSA) is 66.9 Å². The predicted molar refractivity (Wildman–Crippen MR) is 100 cm³/mol. The van der Waals surface area contributed by atoms with Gasteiger partial charge in [0.15, 0.2) is 11.6 Å². The molecule has 0 saturated heterocycles. The number of rotatable bonds is 4. The van der Waals surface area contributed by atoms with Crippen LogP contribution in [0, 0.1) is 32.4 Å². The number of aromatic nitrogens is 2. The Bertz CT molecular complexity index is 1020. The van der Waals surface area contributed by atoms with E-state index in [0.29, 0.717) is 23.0 Å². The van der Waals surface area contributed by atoms with E-state index in [-0.39, 0.29) is 11.6 Å². The molecular weight excluding hydrogens is 350 g/mol. The summed E-state index contributed by atoms with van der Waals surface area (Å²) in [4.78, 5) is 20.9. The van der Waals surface area contributed by atoms with E-state index in [4.69, 9.17) is 0 Å². The highest BCUT2D eigenvalue weighted by molar-refractivity contribution is 6.03. The Balaban J connectivity index is 1.85. The fourth-order valence-corrected chi connectivity index (χ4v) is 2.54. The van der Waals surface area contributed by atoms with Crippen molar-refractivity contribution in [3.63, 3.8) is 0 Å². The van der Waals surface area contributed by atoms with Crippen molar-refractivity contribution in [1.82, 2.24) is 9.97 Å².